The van der Waals surface area contributed by atoms with Crippen molar-refractivity contribution in [3.8, 4) is 0 Å². The smallest absolute Gasteiger partial charge is 0.380 e. The minimum absolute atomic E-state index is 0.104. The molecule has 1 aromatic carbocycles. The van der Waals surface area contributed by atoms with Gasteiger partial charge in [0, 0.05) is 25.8 Å². The van der Waals surface area contributed by atoms with Crippen molar-refractivity contribution in [2.24, 2.45) is 0 Å². The van der Waals surface area contributed by atoms with Crippen molar-refractivity contribution < 1.29 is 22.7 Å². The number of ether oxygens (including phenoxy) is 1. The van der Waals surface area contributed by atoms with Gasteiger partial charge in [0.2, 0.25) is 0 Å². The second-order valence-corrected chi connectivity index (χ2v) is 5.75. The van der Waals surface area contributed by atoms with Gasteiger partial charge in [-0.05, 0) is 32.0 Å². The Hall–Kier alpha value is -2.29. The van der Waals surface area contributed by atoms with E-state index >= 15 is 0 Å². The number of halogens is 3. The van der Waals surface area contributed by atoms with Crippen molar-refractivity contribution in [2.45, 2.75) is 32.7 Å². The zero-order valence-electron chi connectivity index (χ0n) is 14.2. The maximum absolute atomic E-state index is 12.6. The van der Waals surface area contributed by atoms with Crippen molar-refractivity contribution in [2.75, 3.05) is 20.2 Å². The minimum Gasteiger partial charge on any atom is -0.380 e. The lowest BCUT2D eigenvalue weighted by molar-refractivity contribution is -0.140. The first-order chi connectivity index (χ1) is 11.7. The van der Waals surface area contributed by atoms with Crippen LogP contribution in [0.3, 0.4) is 0 Å². The van der Waals surface area contributed by atoms with Crippen LogP contribution in [0.15, 0.2) is 23.0 Å². The number of carbonyl (C=O) groups is 1. The average molecular weight is 359 g/mol. The van der Waals surface area contributed by atoms with Crippen molar-refractivity contribution >= 4 is 16.9 Å². The third-order valence-corrected chi connectivity index (χ3v) is 3.91. The van der Waals surface area contributed by atoms with E-state index in [9.17, 15) is 22.8 Å². The number of hydrogen-bond donors (Lipinski definition) is 1. The number of nitrogens with zero attached hydrogens (tertiary/aromatic N) is 2. The molecule has 0 saturated heterocycles. The maximum Gasteiger partial charge on any atom is 0.406 e. The minimum atomic E-state index is -4.51. The second-order valence-electron chi connectivity index (χ2n) is 5.75. The molecule has 0 radical (unpaired) electrons. The Bertz CT molecular complexity index is 810. The van der Waals surface area contributed by atoms with Crippen molar-refractivity contribution in [1.82, 2.24) is 14.5 Å². The van der Waals surface area contributed by atoms with Crippen LogP contribution in [0.25, 0.3) is 11.0 Å². The molecule has 0 aliphatic carbocycles. The molecule has 1 unspecified atom stereocenters. The molecular weight excluding hydrogens is 339 g/mol. The number of H-pyrrole nitrogens is 1. The highest BCUT2D eigenvalue weighted by atomic mass is 19.4. The fourth-order valence-corrected chi connectivity index (χ4v) is 2.56. The number of carbonyl (C=O) groups excluding carboxylic acids is 1. The van der Waals surface area contributed by atoms with Crippen LogP contribution < -0.4 is 5.69 Å². The number of fused-ring (bicyclic) bond motifs is 1. The number of alkyl halides is 3. The van der Waals surface area contributed by atoms with E-state index in [0.717, 1.165) is 0 Å². The van der Waals surface area contributed by atoms with Crippen LogP contribution in [-0.4, -0.2) is 52.8 Å². The van der Waals surface area contributed by atoms with Gasteiger partial charge >= 0.3 is 11.9 Å². The SMILES string of the molecule is CCN(CC(C)OC)C(=O)c1ccc2c(c1)[nH]c(=O)n2CC(F)(F)F. The molecule has 1 N–H and O–H groups in total. The summed E-state index contributed by atoms with van der Waals surface area (Å²) >= 11 is 0. The van der Waals surface area contributed by atoms with Gasteiger partial charge in [0.15, 0.2) is 0 Å². The molecule has 1 aromatic heterocycles. The van der Waals surface area contributed by atoms with Crippen molar-refractivity contribution in [3.05, 3.63) is 34.2 Å². The van der Waals surface area contributed by atoms with Crippen LogP contribution in [0.5, 0.6) is 0 Å². The Morgan fingerprint density at radius 1 is 1.40 bits per heavy atom. The summed E-state index contributed by atoms with van der Waals surface area (Å²) in [4.78, 5) is 28.3. The third-order valence-electron chi connectivity index (χ3n) is 3.91. The van der Waals surface area contributed by atoms with E-state index < -0.39 is 18.4 Å². The molecule has 2 aromatic rings. The summed E-state index contributed by atoms with van der Waals surface area (Å²) in [5.41, 5.74) is -0.279. The number of methoxy groups -OCH3 is 1. The number of rotatable bonds is 6. The van der Waals surface area contributed by atoms with Gasteiger partial charge in [-0.2, -0.15) is 13.2 Å². The van der Waals surface area contributed by atoms with Gasteiger partial charge in [-0.1, -0.05) is 0 Å². The summed E-state index contributed by atoms with van der Waals surface area (Å²) in [5.74, 6) is -0.280. The molecule has 25 heavy (non-hydrogen) atoms. The number of imidazole rings is 1. The number of likely N-dealkylation sites (N-methyl/N-ethyl adjacent to an activating group) is 1. The number of aromatic amines is 1. The van der Waals surface area contributed by atoms with Gasteiger partial charge in [0.25, 0.3) is 5.91 Å². The molecule has 0 bridgehead atoms. The summed E-state index contributed by atoms with van der Waals surface area (Å²) in [5, 5.41) is 0. The monoisotopic (exact) mass is 359 g/mol. The number of amides is 1. The van der Waals surface area contributed by atoms with Crippen LogP contribution in [0.2, 0.25) is 0 Å². The Kier molecular flexibility index (Phi) is 5.56. The lowest BCUT2D eigenvalue weighted by Crippen LogP contribution is -2.37. The third kappa shape index (κ3) is 4.41. The number of nitrogens with one attached hydrogen (secondary N) is 1. The van der Waals surface area contributed by atoms with Crippen LogP contribution in [0.4, 0.5) is 13.2 Å². The molecule has 6 nitrogen and oxygen atoms in total. The van der Waals surface area contributed by atoms with Crippen molar-refractivity contribution in [3.63, 3.8) is 0 Å². The standard InChI is InChI=1S/C16H20F3N3O3/c1-4-21(8-10(2)25-3)14(23)11-5-6-13-12(7-11)20-15(24)22(13)9-16(17,18)19/h5-7,10H,4,8-9H2,1-3H3,(H,20,24). The summed E-state index contributed by atoms with van der Waals surface area (Å²) in [6, 6.07) is 4.16. The first-order valence-corrected chi connectivity index (χ1v) is 7.77. The normalized spacial score (nSPS) is 13.2. The van der Waals surface area contributed by atoms with Gasteiger partial charge in [0.05, 0.1) is 17.1 Å². The molecule has 9 heteroatoms. The Balaban J connectivity index is 2.35. The zero-order chi connectivity index (χ0) is 18.8. The number of aromatic nitrogens is 2. The lowest BCUT2D eigenvalue weighted by atomic mass is 10.1. The fraction of sp³-hybridized carbons (Fsp3) is 0.500. The Morgan fingerprint density at radius 2 is 2.08 bits per heavy atom. The first-order valence-electron chi connectivity index (χ1n) is 7.77. The molecular formula is C16H20F3N3O3. The molecule has 0 fully saturated rings. The van der Waals surface area contributed by atoms with Gasteiger partial charge in [0.1, 0.15) is 6.54 Å². The summed E-state index contributed by atoms with van der Waals surface area (Å²) in [7, 11) is 1.54. The second kappa shape index (κ2) is 7.30. The Morgan fingerprint density at radius 3 is 2.64 bits per heavy atom. The summed E-state index contributed by atoms with van der Waals surface area (Å²) in [6.45, 7) is 3.10. The predicted octanol–water partition coefficient (Wildman–Crippen LogP) is 2.39. The zero-order valence-corrected chi connectivity index (χ0v) is 14.2. The highest BCUT2D eigenvalue weighted by Crippen LogP contribution is 2.21. The highest BCUT2D eigenvalue weighted by Gasteiger charge is 2.30. The van der Waals surface area contributed by atoms with Crippen LogP contribution in [0.1, 0.15) is 24.2 Å². The van der Waals surface area contributed by atoms with E-state index in [1.54, 1.807) is 12.0 Å². The fourth-order valence-electron chi connectivity index (χ4n) is 2.56. The largest absolute Gasteiger partial charge is 0.406 e. The van der Waals surface area contributed by atoms with E-state index in [1.165, 1.54) is 18.2 Å². The molecule has 0 aliphatic heterocycles. The predicted molar refractivity (Wildman–Crippen MR) is 86.7 cm³/mol. The van der Waals surface area contributed by atoms with E-state index in [2.05, 4.69) is 4.98 Å². The molecule has 0 saturated carbocycles. The highest BCUT2D eigenvalue weighted by molar-refractivity contribution is 5.97. The summed E-state index contributed by atoms with van der Waals surface area (Å²) < 4.78 is 43.5. The van der Waals surface area contributed by atoms with Gasteiger partial charge in [-0.25, -0.2) is 4.79 Å². The lowest BCUT2D eigenvalue weighted by Gasteiger charge is -2.24. The van der Waals surface area contributed by atoms with E-state index in [4.69, 9.17) is 4.74 Å². The maximum atomic E-state index is 12.6. The van der Waals surface area contributed by atoms with E-state index in [1.807, 2.05) is 13.8 Å². The summed E-state index contributed by atoms with van der Waals surface area (Å²) in [6.07, 6.45) is -4.66. The number of hydrogen-bond acceptors (Lipinski definition) is 3. The molecule has 2 rings (SSSR count). The molecule has 0 spiro atoms. The van der Waals surface area contributed by atoms with Crippen LogP contribution in [0, 0.1) is 0 Å². The van der Waals surface area contributed by atoms with Gasteiger partial charge in [-0.3, -0.25) is 9.36 Å². The van der Waals surface area contributed by atoms with Gasteiger partial charge in [-0.15, -0.1) is 0 Å². The topological polar surface area (TPSA) is 67.3 Å². The van der Waals surface area contributed by atoms with Crippen LogP contribution >= 0.6 is 0 Å². The molecule has 138 valence electrons. The quantitative estimate of drug-likeness (QED) is 0.861. The van der Waals surface area contributed by atoms with E-state index in [0.29, 0.717) is 17.7 Å². The molecule has 1 amide bonds. The van der Waals surface area contributed by atoms with Gasteiger partial charge < -0.3 is 14.6 Å². The number of benzene rings is 1. The Labute approximate surface area is 142 Å². The van der Waals surface area contributed by atoms with E-state index in [-0.39, 0.29) is 28.6 Å². The molecule has 0 aliphatic rings. The van der Waals surface area contributed by atoms with Crippen LogP contribution in [-0.2, 0) is 11.3 Å². The van der Waals surface area contributed by atoms with Crippen molar-refractivity contribution in [1.29, 1.82) is 0 Å². The molecule has 1 atom stereocenters. The average Bonchev–Trinajstić information content (AvgIpc) is 2.85. The molecule has 1 heterocycles. The first kappa shape index (κ1) is 19.0.